The molecule has 0 radical (unpaired) electrons. The minimum absolute atomic E-state index is 0.124. The standard InChI is InChI=1S/C21H21ClO4/c1-2-26-20(24)19-17(14-6-4-3-5-7-14)12-21(25,13-18(19)23)15-8-10-16(22)11-9-15/h3-11,17,19,25H,2,12-13H2,1H3/t17-,19-,21+/m0/s1. The van der Waals surface area contributed by atoms with Gasteiger partial charge in [0.15, 0.2) is 5.78 Å². The van der Waals surface area contributed by atoms with Gasteiger partial charge in [0.05, 0.1) is 12.2 Å². The second-order valence-corrected chi connectivity index (χ2v) is 7.07. The average Bonchev–Trinajstić information content (AvgIpc) is 2.62. The summed E-state index contributed by atoms with van der Waals surface area (Å²) in [6.07, 6.45) is 0.134. The third-order valence-corrected chi connectivity index (χ3v) is 5.18. The fraction of sp³-hybridized carbons (Fsp3) is 0.333. The molecule has 0 spiro atoms. The van der Waals surface area contributed by atoms with Gasteiger partial charge in [-0.3, -0.25) is 9.59 Å². The van der Waals surface area contributed by atoms with E-state index in [1.54, 1.807) is 31.2 Å². The minimum Gasteiger partial charge on any atom is -0.465 e. The number of rotatable bonds is 4. The topological polar surface area (TPSA) is 63.6 Å². The van der Waals surface area contributed by atoms with E-state index in [1.807, 2.05) is 30.3 Å². The van der Waals surface area contributed by atoms with Crippen molar-refractivity contribution in [3.63, 3.8) is 0 Å². The van der Waals surface area contributed by atoms with Crippen LogP contribution in [0, 0.1) is 5.92 Å². The van der Waals surface area contributed by atoms with Crippen molar-refractivity contribution in [1.29, 1.82) is 0 Å². The van der Waals surface area contributed by atoms with E-state index in [2.05, 4.69) is 0 Å². The quantitative estimate of drug-likeness (QED) is 0.654. The SMILES string of the molecule is CCOC(=O)[C@@H]1C(=O)C[C@@](O)(c2ccc(Cl)cc2)C[C@H]1c1ccccc1. The number of carbonyl (C=O) groups is 2. The van der Waals surface area contributed by atoms with Crippen LogP contribution in [0.15, 0.2) is 54.6 Å². The number of hydrogen-bond donors (Lipinski definition) is 1. The molecule has 1 saturated carbocycles. The fourth-order valence-electron chi connectivity index (χ4n) is 3.69. The summed E-state index contributed by atoms with van der Waals surface area (Å²) in [5.74, 6) is -2.17. The summed E-state index contributed by atoms with van der Waals surface area (Å²) in [5, 5.41) is 11.8. The highest BCUT2D eigenvalue weighted by Gasteiger charge is 2.49. The van der Waals surface area contributed by atoms with E-state index >= 15 is 0 Å². The van der Waals surface area contributed by atoms with E-state index in [0.29, 0.717) is 10.6 Å². The largest absolute Gasteiger partial charge is 0.465 e. The van der Waals surface area contributed by atoms with Crippen molar-refractivity contribution in [3.05, 3.63) is 70.7 Å². The molecule has 1 fully saturated rings. The minimum atomic E-state index is -1.34. The van der Waals surface area contributed by atoms with E-state index in [9.17, 15) is 14.7 Å². The third-order valence-electron chi connectivity index (χ3n) is 4.92. The number of Topliss-reactive ketones (excluding diaryl/α,β-unsaturated/α-hetero) is 1. The van der Waals surface area contributed by atoms with E-state index in [-0.39, 0.29) is 25.2 Å². The second kappa shape index (κ2) is 7.60. The molecule has 26 heavy (non-hydrogen) atoms. The lowest BCUT2D eigenvalue weighted by molar-refractivity contribution is -0.158. The van der Waals surface area contributed by atoms with Crippen LogP contribution in [0.3, 0.4) is 0 Å². The molecular weight excluding hydrogens is 352 g/mol. The van der Waals surface area contributed by atoms with Crippen molar-refractivity contribution < 1.29 is 19.4 Å². The number of halogens is 1. The molecule has 0 amide bonds. The summed E-state index contributed by atoms with van der Waals surface area (Å²) in [6, 6.07) is 16.2. The smallest absolute Gasteiger partial charge is 0.317 e. The lowest BCUT2D eigenvalue weighted by Gasteiger charge is -2.40. The Balaban J connectivity index is 2.00. The van der Waals surface area contributed by atoms with Crippen LogP contribution in [0.5, 0.6) is 0 Å². The molecule has 0 heterocycles. The Morgan fingerprint density at radius 2 is 1.85 bits per heavy atom. The first-order valence-electron chi connectivity index (χ1n) is 8.67. The number of hydrogen-bond acceptors (Lipinski definition) is 4. The molecule has 2 aromatic rings. The molecule has 3 rings (SSSR count). The highest BCUT2D eigenvalue weighted by atomic mass is 35.5. The number of esters is 1. The molecule has 1 aliphatic carbocycles. The Bertz CT molecular complexity index is 787. The van der Waals surface area contributed by atoms with Gasteiger partial charge in [-0.1, -0.05) is 54.1 Å². The number of ether oxygens (including phenoxy) is 1. The van der Waals surface area contributed by atoms with Crippen LogP contribution in [-0.2, 0) is 19.9 Å². The van der Waals surface area contributed by atoms with Gasteiger partial charge in [-0.2, -0.15) is 0 Å². The first-order valence-corrected chi connectivity index (χ1v) is 9.05. The Hall–Kier alpha value is -2.17. The van der Waals surface area contributed by atoms with Crippen LogP contribution < -0.4 is 0 Å². The molecular formula is C21H21ClO4. The summed E-state index contributed by atoms with van der Waals surface area (Å²) in [4.78, 5) is 25.3. The fourth-order valence-corrected chi connectivity index (χ4v) is 3.82. The van der Waals surface area contributed by atoms with Gasteiger partial charge in [0.25, 0.3) is 0 Å². The Kier molecular flexibility index (Phi) is 5.44. The normalized spacial score (nSPS) is 25.7. The van der Waals surface area contributed by atoms with E-state index < -0.39 is 23.4 Å². The van der Waals surface area contributed by atoms with E-state index in [0.717, 1.165) is 5.56 Å². The zero-order valence-electron chi connectivity index (χ0n) is 14.5. The molecule has 136 valence electrons. The Morgan fingerprint density at radius 3 is 2.46 bits per heavy atom. The average molecular weight is 373 g/mol. The van der Waals surface area contributed by atoms with Gasteiger partial charge >= 0.3 is 5.97 Å². The third kappa shape index (κ3) is 3.67. The summed E-state index contributed by atoms with van der Waals surface area (Å²) in [7, 11) is 0. The maximum atomic E-state index is 12.9. The first-order chi connectivity index (χ1) is 12.4. The maximum absolute atomic E-state index is 12.9. The zero-order valence-corrected chi connectivity index (χ0v) is 15.3. The van der Waals surface area contributed by atoms with Gasteiger partial charge < -0.3 is 9.84 Å². The summed E-state index contributed by atoms with van der Waals surface area (Å²) >= 11 is 5.94. The summed E-state index contributed by atoms with van der Waals surface area (Å²) < 4.78 is 5.13. The Labute approximate surface area is 157 Å². The molecule has 0 aromatic heterocycles. The molecule has 5 heteroatoms. The molecule has 3 atom stereocenters. The van der Waals surface area contributed by atoms with Crippen LogP contribution in [0.25, 0.3) is 0 Å². The monoisotopic (exact) mass is 372 g/mol. The van der Waals surface area contributed by atoms with Crippen molar-refractivity contribution in [2.24, 2.45) is 5.92 Å². The van der Waals surface area contributed by atoms with Crippen molar-refractivity contribution >= 4 is 23.4 Å². The van der Waals surface area contributed by atoms with Gasteiger partial charge in [-0.25, -0.2) is 0 Å². The predicted octanol–water partition coefficient (Wildman–Crippen LogP) is 3.85. The number of ketones is 1. The predicted molar refractivity (Wildman–Crippen MR) is 98.9 cm³/mol. The maximum Gasteiger partial charge on any atom is 0.317 e. The first kappa shape index (κ1) is 18.6. The highest BCUT2D eigenvalue weighted by molar-refractivity contribution is 6.30. The van der Waals surface area contributed by atoms with Crippen LogP contribution >= 0.6 is 11.6 Å². The van der Waals surface area contributed by atoms with Crippen LogP contribution in [0.1, 0.15) is 36.8 Å². The van der Waals surface area contributed by atoms with Gasteiger partial charge in [-0.05, 0) is 36.6 Å². The van der Waals surface area contributed by atoms with Crippen molar-refractivity contribution in [2.75, 3.05) is 6.61 Å². The lowest BCUT2D eigenvalue weighted by atomic mass is 9.66. The van der Waals surface area contributed by atoms with Gasteiger partial charge in [0.1, 0.15) is 5.92 Å². The van der Waals surface area contributed by atoms with Gasteiger partial charge in [-0.15, -0.1) is 0 Å². The van der Waals surface area contributed by atoms with Crippen LogP contribution in [0.2, 0.25) is 5.02 Å². The van der Waals surface area contributed by atoms with Crippen LogP contribution in [-0.4, -0.2) is 23.5 Å². The Morgan fingerprint density at radius 1 is 1.19 bits per heavy atom. The summed E-state index contributed by atoms with van der Waals surface area (Å²) in [6.45, 7) is 1.93. The summed E-state index contributed by atoms with van der Waals surface area (Å²) in [5.41, 5.74) is 0.120. The molecule has 0 bridgehead atoms. The van der Waals surface area contributed by atoms with Crippen molar-refractivity contribution in [1.82, 2.24) is 0 Å². The van der Waals surface area contributed by atoms with Gasteiger partial charge in [0.2, 0.25) is 0 Å². The number of benzene rings is 2. The van der Waals surface area contributed by atoms with Gasteiger partial charge in [0, 0.05) is 17.4 Å². The number of aliphatic hydroxyl groups is 1. The van der Waals surface area contributed by atoms with Crippen molar-refractivity contribution in [3.8, 4) is 0 Å². The zero-order chi connectivity index (χ0) is 18.7. The number of carbonyl (C=O) groups excluding carboxylic acids is 2. The second-order valence-electron chi connectivity index (χ2n) is 6.63. The van der Waals surface area contributed by atoms with Crippen LogP contribution in [0.4, 0.5) is 0 Å². The molecule has 1 aliphatic rings. The van der Waals surface area contributed by atoms with Crippen molar-refractivity contribution in [2.45, 2.75) is 31.3 Å². The molecule has 0 unspecified atom stereocenters. The molecule has 2 aromatic carbocycles. The van der Waals surface area contributed by atoms with E-state index in [1.165, 1.54) is 0 Å². The molecule has 0 aliphatic heterocycles. The molecule has 1 N–H and O–H groups in total. The molecule has 4 nitrogen and oxygen atoms in total. The van der Waals surface area contributed by atoms with E-state index in [4.69, 9.17) is 16.3 Å². The molecule has 0 saturated heterocycles. The lowest BCUT2D eigenvalue weighted by Crippen LogP contribution is -2.45. The highest BCUT2D eigenvalue weighted by Crippen LogP contribution is 2.46.